The van der Waals surface area contributed by atoms with Crippen LogP contribution in [0.1, 0.15) is 37.8 Å². The predicted octanol–water partition coefficient (Wildman–Crippen LogP) is 2.19. The van der Waals surface area contributed by atoms with Crippen molar-refractivity contribution in [2.24, 2.45) is 0 Å². The van der Waals surface area contributed by atoms with Gasteiger partial charge in [0.25, 0.3) is 0 Å². The Labute approximate surface area is 146 Å². The first-order valence-corrected chi connectivity index (χ1v) is 8.68. The largest absolute Gasteiger partial charge is 0.478 e. The van der Waals surface area contributed by atoms with Crippen LogP contribution < -0.4 is 10.1 Å². The quantitative estimate of drug-likeness (QED) is 0.869. The molecule has 1 N–H and O–H groups in total. The molecule has 0 aromatic carbocycles. The number of hydrogen-bond donors (Lipinski definition) is 1. The average Bonchev–Trinajstić information content (AvgIpc) is 3.40. The van der Waals surface area contributed by atoms with Crippen molar-refractivity contribution < 1.29 is 9.53 Å². The molecule has 25 heavy (non-hydrogen) atoms. The first-order chi connectivity index (χ1) is 12.3. The van der Waals surface area contributed by atoms with Gasteiger partial charge in [-0.3, -0.25) is 9.78 Å². The maximum absolute atomic E-state index is 12.6. The molecule has 2 atom stereocenters. The third-order valence-electron chi connectivity index (χ3n) is 4.60. The number of nitrogens with one attached hydrogen (secondary N) is 1. The van der Waals surface area contributed by atoms with Gasteiger partial charge in [-0.1, -0.05) is 6.07 Å². The number of nitrogens with zero attached hydrogens (tertiary/aromatic N) is 4. The number of carbonyl (C=O) groups excluding carboxylic acids is 1. The van der Waals surface area contributed by atoms with Crippen LogP contribution in [0, 0.1) is 0 Å². The molecule has 4 rings (SSSR count). The SMILES string of the molecule is CCOc1cc(N[C@@H]2CC(=O)N(C3CC3)[C@H]2c2cccnc2)ncn1. The first-order valence-electron chi connectivity index (χ1n) is 8.68. The minimum Gasteiger partial charge on any atom is -0.478 e. The molecule has 0 radical (unpaired) electrons. The van der Waals surface area contributed by atoms with Gasteiger partial charge >= 0.3 is 0 Å². The van der Waals surface area contributed by atoms with Crippen molar-refractivity contribution in [1.82, 2.24) is 19.9 Å². The van der Waals surface area contributed by atoms with Crippen LogP contribution in [-0.4, -0.2) is 44.4 Å². The number of anilines is 1. The fourth-order valence-corrected chi connectivity index (χ4v) is 3.45. The molecule has 0 spiro atoms. The zero-order valence-electron chi connectivity index (χ0n) is 14.1. The van der Waals surface area contributed by atoms with Crippen LogP contribution in [0.25, 0.3) is 0 Å². The summed E-state index contributed by atoms with van der Waals surface area (Å²) in [5.74, 6) is 1.39. The van der Waals surface area contributed by atoms with Crippen molar-refractivity contribution in [2.75, 3.05) is 11.9 Å². The van der Waals surface area contributed by atoms with E-state index < -0.39 is 0 Å². The number of rotatable bonds is 6. The highest BCUT2D eigenvalue weighted by atomic mass is 16.5. The highest BCUT2D eigenvalue weighted by molar-refractivity contribution is 5.82. The number of pyridine rings is 1. The zero-order valence-corrected chi connectivity index (χ0v) is 14.1. The van der Waals surface area contributed by atoms with Crippen LogP contribution in [-0.2, 0) is 4.79 Å². The zero-order chi connectivity index (χ0) is 17.2. The third-order valence-corrected chi connectivity index (χ3v) is 4.60. The lowest BCUT2D eigenvalue weighted by Gasteiger charge is -2.29. The molecule has 3 heterocycles. The molecule has 1 saturated heterocycles. The van der Waals surface area contributed by atoms with Gasteiger partial charge in [-0.25, -0.2) is 9.97 Å². The summed E-state index contributed by atoms with van der Waals surface area (Å²) in [6.07, 6.45) is 7.68. The number of carbonyl (C=O) groups is 1. The number of amides is 1. The van der Waals surface area contributed by atoms with Crippen molar-refractivity contribution in [3.8, 4) is 5.88 Å². The van der Waals surface area contributed by atoms with Crippen molar-refractivity contribution in [2.45, 2.75) is 44.3 Å². The van der Waals surface area contributed by atoms with Gasteiger partial charge < -0.3 is 15.0 Å². The second-order valence-electron chi connectivity index (χ2n) is 6.39. The predicted molar refractivity (Wildman–Crippen MR) is 92.1 cm³/mol. The highest BCUT2D eigenvalue weighted by Gasteiger charge is 2.47. The lowest BCUT2D eigenvalue weighted by atomic mass is 10.0. The van der Waals surface area contributed by atoms with Crippen LogP contribution in [0.3, 0.4) is 0 Å². The molecule has 7 heteroatoms. The molecule has 2 fully saturated rings. The monoisotopic (exact) mass is 339 g/mol. The van der Waals surface area contributed by atoms with Crippen molar-refractivity contribution >= 4 is 11.7 Å². The van der Waals surface area contributed by atoms with E-state index in [1.54, 1.807) is 12.3 Å². The summed E-state index contributed by atoms with van der Waals surface area (Å²) in [4.78, 5) is 27.2. The fourth-order valence-electron chi connectivity index (χ4n) is 3.45. The normalized spacial score (nSPS) is 22.9. The Bertz CT molecular complexity index is 750. The summed E-state index contributed by atoms with van der Waals surface area (Å²) >= 11 is 0. The first kappa shape index (κ1) is 15.8. The summed E-state index contributed by atoms with van der Waals surface area (Å²) in [5.41, 5.74) is 1.05. The Kier molecular flexibility index (Phi) is 4.21. The lowest BCUT2D eigenvalue weighted by molar-refractivity contribution is -0.129. The molecule has 0 bridgehead atoms. The van der Waals surface area contributed by atoms with Crippen molar-refractivity contribution in [3.05, 3.63) is 42.5 Å². The Balaban J connectivity index is 1.61. The maximum Gasteiger partial charge on any atom is 0.225 e. The summed E-state index contributed by atoms with van der Waals surface area (Å²) in [5, 5.41) is 3.41. The molecule has 1 saturated carbocycles. The van der Waals surface area contributed by atoms with E-state index in [1.165, 1.54) is 6.33 Å². The van der Waals surface area contributed by atoms with Gasteiger partial charge in [0, 0.05) is 30.9 Å². The van der Waals surface area contributed by atoms with Gasteiger partial charge in [0.15, 0.2) is 0 Å². The molecule has 2 aliphatic rings. The molecule has 7 nitrogen and oxygen atoms in total. The molecular formula is C18H21N5O2. The van der Waals surface area contributed by atoms with Crippen molar-refractivity contribution in [1.29, 1.82) is 0 Å². The van der Waals surface area contributed by atoms with Crippen LogP contribution >= 0.6 is 0 Å². The van der Waals surface area contributed by atoms with E-state index >= 15 is 0 Å². The standard InChI is InChI=1S/C18H21N5O2/c1-2-25-16-9-15(20-11-21-16)22-14-8-17(24)23(13-5-6-13)18(14)12-4-3-7-19-10-12/h3-4,7,9-11,13-14,18H,2,5-6,8H2,1H3,(H,20,21,22)/t14-,18+/m1/s1. The molecule has 2 aromatic rings. The minimum absolute atomic E-state index is 0.0285. The van der Waals surface area contributed by atoms with Crippen LogP contribution in [0.5, 0.6) is 5.88 Å². The number of ether oxygens (including phenoxy) is 1. The molecule has 1 amide bonds. The van der Waals surface area contributed by atoms with E-state index in [1.807, 2.05) is 30.2 Å². The third kappa shape index (κ3) is 3.26. The summed E-state index contributed by atoms with van der Waals surface area (Å²) < 4.78 is 5.43. The van der Waals surface area contributed by atoms with Gasteiger partial charge in [-0.05, 0) is 31.4 Å². The second-order valence-corrected chi connectivity index (χ2v) is 6.39. The van der Waals surface area contributed by atoms with E-state index in [-0.39, 0.29) is 18.0 Å². The fraction of sp³-hybridized carbons (Fsp3) is 0.444. The van der Waals surface area contributed by atoms with Crippen molar-refractivity contribution in [3.63, 3.8) is 0 Å². The van der Waals surface area contributed by atoms with Crippen LogP contribution in [0.15, 0.2) is 36.9 Å². The molecule has 1 aliphatic carbocycles. The van der Waals surface area contributed by atoms with E-state index in [4.69, 9.17) is 4.74 Å². The van der Waals surface area contributed by atoms with Gasteiger partial charge in [0.1, 0.15) is 12.1 Å². The second kappa shape index (κ2) is 6.66. The molecule has 130 valence electrons. The van der Waals surface area contributed by atoms with Crippen LogP contribution in [0.4, 0.5) is 5.82 Å². The Hall–Kier alpha value is -2.70. The number of hydrogen-bond acceptors (Lipinski definition) is 6. The van der Waals surface area contributed by atoms with E-state index in [2.05, 4.69) is 20.3 Å². The van der Waals surface area contributed by atoms with Gasteiger partial charge in [0.05, 0.1) is 18.7 Å². The minimum atomic E-state index is -0.0540. The van der Waals surface area contributed by atoms with E-state index in [0.29, 0.717) is 30.8 Å². The van der Waals surface area contributed by atoms with Gasteiger partial charge in [-0.2, -0.15) is 0 Å². The number of likely N-dealkylation sites (tertiary alicyclic amines) is 1. The molecule has 2 aromatic heterocycles. The topological polar surface area (TPSA) is 80.2 Å². The number of aromatic nitrogens is 3. The molecular weight excluding hydrogens is 318 g/mol. The van der Waals surface area contributed by atoms with Gasteiger partial charge in [-0.15, -0.1) is 0 Å². The maximum atomic E-state index is 12.6. The smallest absolute Gasteiger partial charge is 0.225 e. The summed E-state index contributed by atoms with van der Waals surface area (Å²) in [6.45, 7) is 2.46. The summed E-state index contributed by atoms with van der Waals surface area (Å²) in [7, 11) is 0. The molecule has 1 aliphatic heterocycles. The van der Waals surface area contributed by atoms with E-state index in [0.717, 1.165) is 18.4 Å². The Morgan fingerprint density at radius 1 is 1.36 bits per heavy atom. The average molecular weight is 339 g/mol. The highest BCUT2D eigenvalue weighted by Crippen LogP contribution is 2.42. The molecule has 0 unspecified atom stereocenters. The Morgan fingerprint density at radius 3 is 2.96 bits per heavy atom. The summed E-state index contributed by atoms with van der Waals surface area (Å²) in [6, 6.07) is 5.99. The van der Waals surface area contributed by atoms with Crippen LogP contribution in [0.2, 0.25) is 0 Å². The van der Waals surface area contributed by atoms with Gasteiger partial charge in [0.2, 0.25) is 11.8 Å². The Morgan fingerprint density at radius 2 is 2.24 bits per heavy atom. The van der Waals surface area contributed by atoms with E-state index in [9.17, 15) is 4.79 Å². The lowest BCUT2D eigenvalue weighted by Crippen LogP contribution is -2.34.